The zero-order chi connectivity index (χ0) is 38.7. The molecule has 0 spiro atoms. The van der Waals surface area contributed by atoms with E-state index in [2.05, 4.69) is 4.99 Å². The number of alkyl halides is 12. The van der Waals surface area contributed by atoms with Gasteiger partial charge in [0.25, 0.3) is 0 Å². The van der Waals surface area contributed by atoms with Crippen molar-refractivity contribution in [1.29, 1.82) is 0 Å². The number of aromatic nitrogens is 2. The van der Waals surface area contributed by atoms with Crippen LogP contribution in [0.1, 0.15) is 44.8 Å². The Morgan fingerprint density at radius 1 is 0.426 bits per heavy atom. The van der Waals surface area contributed by atoms with Crippen molar-refractivity contribution in [3.63, 3.8) is 0 Å². The summed E-state index contributed by atoms with van der Waals surface area (Å²) in [6.07, 6.45) is -18.8. The lowest BCUT2D eigenvalue weighted by atomic mass is 9.90. The first-order valence-electron chi connectivity index (χ1n) is 15.7. The molecule has 3 aliphatic heterocycles. The van der Waals surface area contributed by atoms with Gasteiger partial charge in [0.2, 0.25) is 0 Å². The van der Waals surface area contributed by atoms with Crippen molar-refractivity contribution in [2.75, 3.05) is 0 Å². The van der Waals surface area contributed by atoms with E-state index in [1.165, 1.54) is 24.3 Å². The van der Waals surface area contributed by atoms with Gasteiger partial charge in [-0.2, -0.15) is 52.7 Å². The molecule has 0 unspecified atom stereocenters. The first-order chi connectivity index (χ1) is 25.2. The normalized spacial score (nSPS) is 15.9. The summed E-state index contributed by atoms with van der Waals surface area (Å²) >= 11 is 0. The maximum atomic E-state index is 17.4. The summed E-state index contributed by atoms with van der Waals surface area (Å²) in [7, 11) is -2.30. The van der Waals surface area contributed by atoms with E-state index in [0.717, 1.165) is 57.5 Å². The molecular formula is C37H17BF13N3. The van der Waals surface area contributed by atoms with Gasteiger partial charge in [0, 0.05) is 38.8 Å². The van der Waals surface area contributed by atoms with Gasteiger partial charge in [0.1, 0.15) is 0 Å². The van der Waals surface area contributed by atoms with Crippen LogP contribution in [-0.4, -0.2) is 28.1 Å². The molecule has 0 fully saturated rings. The first-order valence-corrected chi connectivity index (χ1v) is 15.7. The van der Waals surface area contributed by atoms with Gasteiger partial charge in [-0.05, 0) is 83.4 Å². The second kappa shape index (κ2) is 11.6. The van der Waals surface area contributed by atoms with E-state index in [9.17, 15) is 52.7 Å². The van der Waals surface area contributed by atoms with Crippen LogP contribution in [0.5, 0.6) is 0 Å². The monoisotopic (exact) mass is 761 g/mol. The Bertz CT molecular complexity index is 2580. The molecular weight excluding hydrogens is 744 g/mol. The maximum Gasteiger partial charge on any atom is 0.597 e. The Labute approximate surface area is 295 Å². The van der Waals surface area contributed by atoms with E-state index in [0.29, 0.717) is 30.3 Å². The molecule has 4 bridgehead atoms. The van der Waals surface area contributed by atoms with Crippen LogP contribution in [0.2, 0.25) is 0 Å². The molecule has 5 heterocycles. The van der Waals surface area contributed by atoms with Crippen LogP contribution in [0, 0.1) is 0 Å². The summed E-state index contributed by atoms with van der Waals surface area (Å²) < 4.78 is 186. The van der Waals surface area contributed by atoms with E-state index in [4.69, 9.17) is 0 Å². The molecule has 17 heteroatoms. The number of benzene rings is 3. The molecule has 5 aromatic rings. The first kappa shape index (κ1) is 35.3. The molecule has 54 heavy (non-hydrogen) atoms. The molecule has 0 atom stereocenters. The molecule has 0 amide bonds. The van der Waals surface area contributed by atoms with Crippen LogP contribution >= 0.6 is 0 Å². The zero-order valence-corrected chi connectivity index (χ0v) is 26.6. The molecule has 274 valence electrons. The number of allylic oxidation sites excluding steroid dienone is 2. The summed E-state index contributed by atoms with van der Waals surface area (Å²) in [5.41, 5.74) is -6.82. The third kappa shape index (κ3) is 5.59. The molecule has 3 nitrogen and oxygen atoms in total. The highest BCUT2D eigenvalue weighted by Crippen LogP contribution is 2.45. The quantitative estimate of drug-likeness (QED) is 0.129. The lowest BCUT2D eigenvalue weighted by molar-refractivity contribution is -0.138. The number of hydrogen-bond acceptors (Lipinski definition) is 1. The molecule has 0 N–H and O–H groups in total. The Morgan fingerprint density at radius 2 is 0.815 bits per heavy atom. The molecule has 0 aliphatic carbocycles. The fraction of sp³-hybridized carbons (Fsp3) is 0.108. The van der Waals surface area contributed by atoms with Crippen LogP contribution in [0.15, 0.2) is 119 Å². The molecule has 3 aromatic carbocycles. The summed E-state index contributed by atoms with van der Waals surface area (Å²) in [6, 6.07) is 15.5. The van der Waals surface area contributed by atoms with Gasteiger partial charge in [-0.15, -0.1) is 0 Å². The third-order valence-electron chi connectivity index (χ3n) is 9.36. The van der Waals surface area contributed by atoms with Crippen LogP contribution < -0.4 is 10.7 Å². The minimum absolute atomic E-state index is 0.00388. The van der Waals surface area contributed by atoms with E-state index in [-0.39, 0.29) is 49.9 Å². The standard InChI is InChI=1S/C37H17BF13N3/c39-34(40,41)21-7-1-18(2-8-21)30-25-17-24(37(48,49)50)33(52-25)32(20-5-11-23(12-6-20)36(45,46)47)29-16-15-28-31(19-3-9-22(10-4-19)35(42,43)44)27-14-13-26(30)53(27)38(51)54(28)29/h1-17H. The van der Waals surface area contributed by atoms with Gasteiger partial charge in [0.05, 0.1) is 33.7 Å². The number of halogens is 13. The van der Waals surface area contributed by atoms with E-state index < -0.39 is 71.2 Å². The van der Waals surface area contributed by atoms with E-state index >= 15 is 4.32 Å². The Balaban J connectivity index is 1.52. The summed E-state index contributed by atoms with van der Waals surface area (Å²) in [6.45, 7) is 0. The minimum atomic E-state index is -5.16. The van der Waals surface area contributed by atoms with Crippen molar-refractivity contribution in [3.8, 4) is 0 Å². The predicted molar refractivity (Wildman–Crippen MR) is 172 cm³/mol. The highest BCUT2D eigenvalue weighted by atomic mass is 19.4. The highest BCUT2D eigenvalue weighted by molar-refractivity contribution is 6.49. The highest BCUT2D eigenvalue weighted by Gasteiger charge is 2.44. The van der Waals surface area contributed by atoms with Gasteiger partial charge in [0.15, 0.2) is 0 Å². The van der Waals surface area contributed by atoms with Crippen molar-refractivity contribution in [1.82, 2.24) is 8.96 Å². The number of fused-ring (bicyclic) bond motifs is 1. The lowest BCUT2D eigenvalue weighted by Crippen LogP contribution is -2.49. The van der Waals surface area contributed by atoms with Gasteiger partial charge in [-0.1, -0.05) is 36.4 Å². The minimum Gasteiger partial charge on any atom is -0.334 e. The molecule has 3 aliphatic rings. The summed E-state index contributed by atoms with van der Waals surface area (Å²) in [5.74, 6) is 0. The van der Waals surface area contributed by atoms with Gasteiger partial charge < -0.3 is 8.96 Å². The maximum absolute atomic E-state index is 17.4. The van der Waals surface area contributed by atoms with E-state index in [1.807, 2.05) is 0 Å². The Kier molecular flexibility index (Phi) is 7.60. The summed E-state index contributed by atoms with van der Waals surface area (Å²) in [5, 5.41) is -0.0824. The van der Waals surface area contributed by atoms with Crippen molar-refractivity contribution >= 4 is 29.7 Å². The van der Waals surface area contributed by atoms with Crippen molar-refractivity contribution < 1.29 is 57.0 Å². The fourth-order valence-electron chi connectivity index (χ4n) is 6.98. The van der Waals surface area contributed by atoms with E-state index in [1.54, 1.807) is 0 Å². The van der Waals surface area contributed by atoms with Crippen LogP contribution in [0.4, 0.5) is 57.0 Å². The zero-order valence-electron chi connectivity index (χ0n) is 26.6. The Morgan fingerprint density at radius 3 is 1.24 bits per heavy atom. The van der Waals surface area contributed by atoms with Crippen LogP contribution in [0.25, 0.3) is 16.7 Å². The van der Waals surface area contributed by atoms with Gasteiger partial charge in [-0.3, -0.25) is 4.32 Å². The summed E-state index contributed by atoms with van der Waals surface area (Å²) in [4.78, 5) is 4.34. The molecule has 0 saturated carbocycles. The van der Waals surface area contributed by atoms with Crippen molar-refractivity contribution in [2.24, 2.45) is 4.99 Å². The average molecular weight is 761 g/mol. The molecule has 0 saturated heterocycles. The topological polar surface area (TPSA) is 22.2 Å². The molecule has 0 radical (unpaired) electrons. The second-order valence-electron chi connectivity index (χ2n) is 12.5. The number of aliphatic imine (C=N–C) groups is 1. The number of rotatable bonds is 3. The van der Waals surface area contributed by atoms with Crippen LogP contribution in [0.3, 0.4) is 0 Å². The van der Waals surface area contributed by atoms with Crippen molar-refractivity contribution in [3.05, 3.63) is 170 Å². The number of nitrogens with zero attached hydrogens (tertiary/aromatic N) is 3. The lowest BCUT2D eigenvalue weighted by Gasteiger charge is -2.26. The number of hydrogen-bond donors (Lipinski definition) is 0. The molecule has 2 aromatic heterocycles. The smallest absolute Gasteiger partial charge is 0.334 e. The van der Waals surface area contributed by atoms with Crippen LogP contribution in [-0.2, 0) is 18.5 Å². The van der Waals surface area contributed by atoms with Crippen molar-refractivity contribution in [2.45, 2.75) is 24.7 Å². The second-order valence-corrected chi connectivity index (χ2v) is 12.5. The average Bonchev–Trinajstić information content (AvgIpc) is 3.84. The largest absolute Gasteiger partial charge is 0.597 e. The Hall–Kier alpha value is -5.74. The van der Waals surface area contributed by atoms with Gasteiger partial charge >= 0.3 is 32.0 Å². The third-order valence-corrected chi connectivity index (χ3v) is 9.36. The molecule has 8 rings (SSSR count). The van der Waals surface area contributed by atoms with Gasteiger partial charge in [-0.25, -0.2) is 4.99 Å². The predicted octanol–water partition coefficient (Wildman–Crippen LogP) is 9.17. The SMILES string of the molecule is FB1n2c3ccc2C(c2ccc(C(F)(F)F)cc2)=c2ccc(n21)=C(c1ccc(C(F)(F)F)cc1)C1=NC(=C3c2ccc(C(F)(F)F)cc2)C(C(F)(F)F)=C1. The fourth-order valence-corrected chi connectivity index (χ4v) is 6.98.